The fraction of sp³-hybridized carbons (Fsp3) is 0.846. The molecule has 82 valence electrons. The van der Waals surface area contributed by atoms with Crippen LogP contribution in [0.3, 0.4) is 0 Å². The highest BCUT2D eigenvalue weighted by Crippen LogP contribution is 2.27. The third-order valence-corrected chi connectivity index (χ3v) is 2.93. The molecule has 1 aliphatic rings. The van der Waals surface area contributed by atoms with Crippen molar-refractivity contribution < 1.29 is 0 Å². The predicted octanol–water partition coefficient (Wildman–Crippen LogP) is 3.64. The normalized spacial score (nSPS) is 24.3. The summed E-state index contributed by atoms with van der Waals surface area (Å²) in [6.45, 7) is 6.93. The molecule has 14 heavy (non-hydrogen) atoms. The van der Waals surface area contributed by atoms with E-state index in [1.54, 1.807) is 5.57 Å². The van der Waals surface area contributed by atoms with Gasteiger partial charge in [0, 0.05) is 6.04 Å². The molecule has 1 unspecified atom stereocenters. The maximum Gasteiger partial charge on any atom is 0.0226 e. The van der Waals surface area contributed by atoms with Gasteiger partial charge in [-0.3, -0.25) is 0 Å². The monoisotopic (exact) mass is 195 g/mol. The van der Waals surface area contributed by atoms with Crippen LogP contribution >= 0.6 is 0 Å². The fourth-order valence-corrected chi connectivity index (χ4v) is 1.95. The molecule has 0 aliphatic heterocycles. The second-order valence-corrected chi connectivity index (χ2v) is 5.80. The SMILES string of the molecule is CC(C)(C)CCC1=CC(N)CCCC1. The molecule has 1 rings (SSSR count). The average Bonchev–Trinajstić information content (AvgIpc) is 2.25. The quantitative estimate of drug-likeness (QED) is 0.669. The van der Waals surface area contributed by atoms with Crippen molar-refractivity contribution in [2.45, 2.75) is 65.3 Å². The summed E-state index contributed by atoms with van der Waals surface area (Å²) < 4.78 is 0. The molecule has 1 aliphatic carbocycles. The molecule has 1 nitrogen and oxygen atoms in total. The zero-order valence-corrected chi connectivity index (χ0v) is 9.97. The van der Waals surface area contributed by atoms with E-state index in [0.29, 0.717) is 11.5 Å². The van der Waals surface area contributed by atoms with E-state index in [0.717, 1.165) is 0 Å². The fourth-order valence-electron chi connectivity index (χ4n) is 1.95. The lowest BCUT2D eigenvalue weighted by molar-refractivity contribution is 0.375. The van der Waals surface area contributed by atoms with Crippen LogP contribution in [0.1, 0.15) is 59.3 Å². The van der Waals surface area contributed by atoms with Gasteiger partial charge in [-0.05, 0) is 37.5 Å². The van der Waals surface area contributed by atoms with E-state index in [1.165, 1.54) is 38.5 Å². The maximum atomic E-state index is 5.99. The number of allylic oxidation sites excluding steroid dienone is 1. The van der Waals surface area contributed by atoms with Crippen molar-refractivity contribution in [3.63, 3.8) is 0 Å². The highest BCUT2D eigenvalue weighted by Gasteiger charge is 2.13. The third-order valence-electron chi connectivity index (χ3n) is 2.93. The van der Waals surface area contributed by atoms with E-state index >= 15 is 0 Å². The molecular weight excluding hydrogens is 170 g/mol. The van der Waals surface area contributed by atoms with Crippen LogP contribution in [0.5, 0.6) is 0 Å². The number of nitrogens with two attached hydrogens (primary N) is 1. The Hall–Kier alpha value is -0.300. The molecule has 1 atom stereocenters. The highest BCUT2D eigenvalue weighted by molar-refractivity contribution is 5.08. The number of hydrogen-bond donors (Lipinski definition) is 1. The summed E-state index contributed by atoms with van der Waals surface area (Å²) in [5.74, 6) is 0. The Balaban J connectivity index is 2.42. The second kappa shape index (κ2) is 4.97. The Morgan fingerprint density at radius 2 is 2.07 bits per heavy atom. The molecule has 0 saturated carbocycles. The van der Waals surface area contributed by atoms with Gasteiger partial charge in [0.05, 0.1) is 0 Å². The molecule has 0 radical (unpaired) electrons. The minimum absolute atomic E-state index is 0.326. The van der Waals surface area contributed by atoms with Crippen molar-refractivity contribution >= 4 is 0 Å². The summed E-state index contributed by atoms with van der Waals surface area (Å²) >= 11 is 0. The molecule has 0 aromatic carbocycles. The van der Waals surface area contributed by atoms with Crippen LogP contribution in [0.25, 0.3) is 0 Å². The Morgan fingerprint density at radius 1 is 1.36 bits per heavy atom. The van der Waals surface area contributed by atoms with E-state index in [9.17, 15) is 0 Å². The summed E-state index contributed by atoms with van der Waals surface area (Å²) in [5, 5.41) is 0. The van der Waals surface area contributed by atoms with E-state index in [1.807, 2.05) is 0 Å². The van der Waals surface area contributed by atoms with Gasteiger partial charge in [0.2, 0.25) is 0 Å². The van der Waals surface area contributed by atoms with Gasteiger partial charge in [-0.2, -0.15) is 0 Å². The largest absolute Gasteiger partial charge is 0.324 e. The summed E-state index contributed by atoms with van der Waals surface area (Å²) in [4.78, 5) is 0. The minimum Gasteiger partial charge on any atom is -0.324 e. The molecule has 1 heteroatoms. The molecule has 0 fully saturated rings. The standard InChI is InChI=1S/C13H25N/c1-13(2,3)9-8-11-6-4-5-7-12(14)10-11/h10,12H,4-9,14H2,1-3H3. The molecule has 0 heterocycles. The zero-order valence-electron chi connectivity index (χ0n) is 9.97. The van der Waals surface area contributed by atoms with Crippen LogP contribution in [-0.2, 0) is 0 Å². The Labute approximate surface area is 88.8 Å². The minimum atomic E-state index is 0.326. The van der Waals surface area contributed by atoms with Gasteiger partial charge in [-0.15, -0.1) is 0 Å². The average molecular weight is 195 g/mol. The first-order chi connectivity index (χ1) is 6.47. The van der Waals surface area contributed by atoms with E-state index in [2.05, 4.69) is 26.8 Å². The van der Waals surface area contributed by atoms with Gasteiger partial charge in [0.25, 0.3) is 0 Å². The van der Waals surface area contributed by atoms with Crippen molar-refractivity contribution in [3.05, 3.63) is 11.6 Å². The van der Waals surface area contributed by atoms with Crippen molar-refractivity contribution in [3.8, 4) is 0 Å². The molecule has 0 aromatic rings. The molecule has 0 aromatic heterocycles. The van der Waals surface area contributed by atoms with Crippen molar-refractivity contribution in [2.24, 2.45) is 11.1 Å². The summed E-state index contributed by atoms with van der Waals surface area (Å²) in [6, 6.07) is 0.326. The van der Waals surface area contributed by atoms with Gasteiger partial charge in [-0.25, -0.2) is 0 Å². The van der Waals surface area contributed by atoms with Crippen LogP contribution < -0.4 is 5.73 Å². The van der Waals surface area contributed by atoms with Crippen LogP contribution in [-0.4, -0.2) is 6.04 Å². The first kappa shape index (κ1) is 11.8. The lowest BCUT2D eigenvalue weighted by Gasteiger charge is -2.19. The maximum absolute atomic E-state index is 5.99. The van der Waals surface area contributed by atoms with Gasteiger partial charge in [0.15, 0.2) is 0 Å². The predicted molar refractivity (Wildman–Crippen MR) is 63.2 cm³/mol. The molecule has 0 saturated heterocycles. The molecule has 0 amide bonds. The first-order valence-electron chi connectivity index (χ1n) is 5.92. The van der Waals surface area contributed by atoms with Crippen molar-refractivity contribution in [1.29, 1.82) is 0 Å². The Kier molecular flexibility index (Phi) is 4.18. The Bertz CT molecular complexity index is 198. The van der Waals surface area contributed by atoms with Gasteiger partial charge in [0.1, 0.15) is 0 Å². The van der Waals surface area contributed by atoms with Crippen molar-refractivity contribution in [2.75, 3.05) is 0 Å². The number of hydrogen-bond acceptors (Lipinski definition) is 1. The smallest absolute Gasteiger partial charge is 0.0226 e. The second-order valence-electron chi connectivity index (χ2n) is 5.80. The third kappa shape index (κ3) is 4.80. The van der Waals surface area contributed by atoms with E-state index in [4.69, 9.17) is 5.73 Å². The molecular formula is C13H25N. The first-order valence-corrected chi connectivity index (χ1v) is 5.92. The van der Waals surface area contributed by atoms with Gasteiger partial charge < -0.3 is 5.73 Å². The van der Waals surface area contributed by atoms with E-state index < -0.39 is 0 Å². The lowest BCUT2D eigenvalue weighted by atomic mass is 9.87. The topological polar surface area (TPSA) is 26.0 Å². The summed E-state index contributed by atoms with van der Waals surface area (Å²) in [5.41, 5.74) is 8.05. The summed E-state index contributed by atoms with van der Waals surface area (Å²) in [7, 11) is 0. The molecule has 0 bridgehead atoms. The Morgan fingerprint density at radius 3 is 2.71 bits per heavy atom. The summed E-state index contributed by atoms with van der Waals surface area (Å²) in [6.07, 6.45) is 9.95. The van der Waals surface area contributed by atoms with Crippen LogP contribution in [0.4, 0.5) is 0 Å². The van der Waals surface area contributed by atoms with Crippen LogP contribution in [0.15, 0.2) is 11.6 Å². The van der Waals surface area contributed by atoms with Crippen LogP contribution in [0, 0.1) is 5.41 Å². The molecule has 2 N–H and O–H groups in total. The zero-order chi connectivity index (χ0) is 10.6. The van der Waals surface area contributed by atoms with E-state index in [-0.39, 0.29) is 0 Å². The van der Waals surface area contributed by atoms with Crippen molar-refractivity contribution in [1.82, 2.24) is 0 Å². The lowest BCUT2D eigenvalue weighted by Crippen LogP contribution is -2.16. The van der Waals surface area contributed by atoms with Crippen LogP contribution in [0.2, 0.25) is 0 Å². The van der Waals surface area contributed by atoms with Gasteiger partial charge in [-0.1, -0.05) is 38.8 Å². The highest BCUT2D eigenvalue weighted by atomic mass is 14.6. The number of rotatable bonds is 2. The van der Waals surface area contributed by atoms with Gasteiger partial charge >= 0.3 is 0 Å². The molecule has 0 spiro atoms.